The van der Waals surface area contributed by atoms with Gasteiger partial charge in [-0.15, -0.1) is 45.3 Å². The molecule has 0 N–H and O–H groups in total. The minimum atomic E-state index is -0.0231. The van der Waals surface area contributed by atoms with Crippen molar-refractivity contribution >= 4 is 100 Å². The zero-order valence-electron chi connectivity index (χ0n) is 27.9. The molecule has 2 amide bonds. The summed E-state index contributed by atoms with van der Waals surface area (Å²) in [6, 6.07) is 16.9. The van der Waals surface area contributed by atoms with Crippen molar-refractivity contribution in [3.8, 4) is 19.5 Å². The number of rotatable bonds is 16. The summed E-state index contributed by atoms with van der Waals surface area (Å²) in [5.74, 6) is 0.695. The Bertz CT molecular complexity index is 1710. The van der Waals surface area contributed by atoms with Crippen molar-refractivity contribution in [1.29, 1.82) is 0 Å². The van der Waals surface area contributed by atoms with E-state index in [2.05, 4.69) is 108 Å². The Hall–Kier alpha value is -1.82. The number of unbranched alkanes of at least 4 members (excludes halogenated alkanes) is 2. The van der Waals surface area contributed by atoms with Crippen LogP contribution in [-0.2, 0) is 9.59 Å². The van der Waals surface area contributed by atoms with Gasteiger partial charge < -0.3 is 9.80 Å². The van der Waals surface area contributed by atoms with Crippen molar-refractivity contribution in [3.05, 3.63) is 77.0 Å². The Balaban J connectivity index is 1.51. The summed E-state index contributed by atoms with van der Waals surface area (Å²) in [4.78, 5) is 40.4. The minimum absolute atomic E-state index is 0.0231. The molecule has 2 unspecified atom stereocenters. The Morgan fingerprint density at radius 1 is 0.542 bits per heavy atom. The van der Waals surface area contributed by atoms with Crippen LogP contribution in [0.1, 0.15) is 88.8 Å². The highest BCUT2D eigenvalue weighted by Crippen LogP contribution is 2.51. The topological polar surface area (TPSA) is 40.6 Å². The van der Waals surface area contributed by atoms with E-state index in [9.17, 15) is 9.59 Å². The van der Waals surface area contributed by atoms with Crippen molar-refractivity contribution in [1.82, 2.24) is 9.80 Å². The van der Waals surface area contributed by atoms with Crippen LogP contribution in [0.3, 0.4) is 0 Å². The predicted molar refractivity (Wildman–Crippen MR) is 215 cm³/mol. The molecule has 2 aliphatic heterocycles. The normalized spacial score (nSPS) is 16.2. The van der Waals surface area contributed by atoms with Crippen molar-refractivity contribution in [3.63, 3.8) is 0 Å². The van der Waals surface area contributed by atoms with Crippen LogP contribution in [0.25, 0.3) is 30.9 Å². The van der Waals surface area contributed by atoms with Gasteiger partial charge in [0.2, 0.25) is 0 Å². The van der Waals surface area contributed by atoms with Crippen molar-refractivity contribution in [2.45, 2.75) is 79.1 Å². The van der Waals surface area contributed by atoms with Crippen molar-refractivity contribution in [2.24, 2.45) is 11.8 Å². The lowest BCUT2D eigenvalue weighted by Crippen LogP contribution is -2.34. The number of halogens is 2. The molecule has 10 heteroatoms. The fourth-order valence-corrected chi connectivity index (χ4v) is 11.8. The number of amides is 2. The zero-order valence-corrected chi connectivity index (χ0v) is 34.4. The number of hydrogen-bond donors (Lipinski definition) is 0. The first-order chi connectivity index (χ1) is 23.3. The molecule has 0 saturated carbocycles. The fraction of sp³-hybridized carbons (Fsp3) is 0.421. The van der Waals surface area contributed by atoms with Gasteiger partial charge in [-0.1, -0.05) is 66.2 Å². The van der Waals surface area contributed by atoms with Gasteiger partial charge >= 0.3 is 0 Å². The maximum absolute atomic E-state index is 14.9. The van der Waals surface area contributed by atoms with Crippen LogP contribution in [0, 0.1) is 11.8 Å². The maximum atomic E-state index is 14.9. The maximum Gasteiger partial charge on any atom is 0.261 e. The summed E-state index contributed by atoms with van der Waals surface area (Å²) in [7, 11) is 0. The van der Waals surface area contributed by atoms with Crippen LogP contribution in [0.2, 0.25) is 0 Å². The molecule has 0 aromatic carbocycles. The first kappa shape index (κ1) is 36.0. The van der Waals surface area contributed by atoms with Gasteiger partial charge in [0.1, 0.15) is 0 Å². The smallest absolute Gasteiger partial charge is 0.261 e. The van der Waals surface area contributed by atoms with Gasteiger partial charge in [0.25, 0.3) is 11.8 Å². The number of fused-ring (bicyclic) bond motifs is 1. The Labute approximate surface area is 317 Å². The second-order valence-corrected chi connectivity index (χ2v) is 19.7. The van der Waals surface area contributed by atoms with Gasteiger partial charge in [-0.2, -0.15) is 0 Å². The minimum Gasteiger partial charge on any atom is -0.306 e. The fourth-order valence-electron chi connectivity index (χ4n) is 6.70. The molecule has 0 aliphatic carbocycles. The summed E-state index contributed by atoms with van der Waals surface area (Å²) >= 11 is 14.0. The molecule has 4 aromatic rings. The molecule has 4 aromatic heterocycles. The van der Waals surface area contributed by atoms with Gasteiger partial charge in [-0.3, -0.25) is 9.59 Å². The third-order valence-electron chi connectivity index (χ3n) is 9.46. The molecule has 254 valence electrons. The molecule has 6 heterocycles. The Kier molecular flexibility index (Phi) is 12.0. The second kappa shape index (κ2) is 16.0. The van der Waals surface area contributed by atoms with E-state index < -0.39 is 0 Å². The van der Waals surface area contributed by atoms with Crippen LogP contribution in [0.4, 0.5) is 0 Å². The van der Waals surface area contributed by atoms with E-state index in [-0.39, 0.29) is 11.8 Å². The van der Waals surface area contributed by atoms with Crippen LogP contribution in [-0.4, -0.2) is 34.7 Å². The molecule has 2 aliphatic rings. The average molecular weight is 847 g/mol. The monoisotopic (exact) mass is 844 g/mol. The van der Waals surface area contributed by atoms with E-state index >= 15 is 0 Å². The van der Waals surface area contributed by atoms with Gasteiger partial charge in [0.15, 0.2) is 0 Å². The van der Waals surface area contributed by atoms with Crippen LogP contribution >= 0.6 is 77.2 Å². The third kappa shape index (κ3) is 7.31. The van der Waals surface area contributed by atoms with E-state index in [1.807, 2.05) is 9.80 Å². The molecule has 6 rings (SSSR count). The molecule has 2 atom stereocenters. The molecule has 0 radical (unpaired) electrons. The SMILES string of the molecule is CCCCC(CC)CN1C(=O)C2=C(c3ccc(-c4ccc(Br)s4)s3)N(CC(CC)CCCC)C(=O)C2=C1c1ccc(-c2ccc(Br)s2)s1. The molecular weight excluding hydrogens is 805 g/mol. The lowest BCUT2D eigenvalue weighted by molar-refractivity contribution is -0.124. The second-order valence-electron chi connectivity index (χ2n) is 12.6. The number of carbonyl (C=O) groups is 2. The Morgan fingerprint density at radius 3 is 1.23 bits per heavy atom. The molecule has 48 heavy (non-hydrogen) atoms. The Morgan fingerprint density at radius 2 is 0.896 bits per heavy atom. The van der Waals surface area contributed by atoms with E-state index in [4.69, 9.17) is 0 Å². The summed E-state index contributed by atoms with van der Waals surface area (Å²) in [6.07, 6.45) is 8.67. The highest BCUT2D eigenvalue weighted by atomic mass is 79.9. The quantitative estimate of drug-likeness (QED) is 0.113. The van der Waals surface area contributed by atoms with Gasteiger partial charge in [0.05, 0.1) is 39.9 Å². The molecule has 0 bridgehead atoms. The molecule has 0 spiro atoms. The number of hydrogen-bond acceptors (Lipinski definition) is 6. The lowest BCUT2D eigenvalue weighted by Gasteiger charge is -2.29. The molecule has 0 fully saturated rings. The number of nitrogens with zero attached hydrogens (tertiary/aromatic N) is 2. The van der Waals surface area contributed by atoms with Crippen molar-refractivity contribution in [2.75, 3.05) is 13.1 Å². The van der Waals surface area contributed by atoms with E-state index in [0.717, 1.165) is 89.8 Å². The number of carbonyl (C=O) groups excluding carboxylic acids is 2. The standard InChI is InChI=1S/C38H42Br2N2O2S4/c1-5-9-11-23(7-3)21-41-35(29-15-13-25(45-29)27-17-19-31(39)47-27)33-34(37(41)43)36(42(38(33)44)22-24(8-4)12-10-6-2)30-16-14-26(46-30)28-18-20-32(40)48-28/h13-20,23-24H,5-12,21-22H2,1-4H3. The van der Waals surface area contributed by atoms with E-state index in [1.165, 1.54) is 9.75 Å². The van der Waals surface area contributed by atoms with Gasteiger partial charge in [-0.05, 0) is 105 Å². The van der Waals surface area contributed by atoms with E-state index in [1.54, 1.807) is 45.3 Å². The van der Waals surface area contributed by atoms with E-state index in [0.29, 0.717) is 36.1 Å². The summed E-state index contributed by atoms with van der Waals surface area (Å²) in [5, 5.41) is 0. The van der Waals surface area contributed by atoms with Crippen LogP contribution < -0.4 is 0 Å². The van der Waals surface area contributed by atoms with Gasteiger partial charge in [-0.25, -0.2) is 0 Å². The predicted octanol–water partition coefficient (Wildman–Crippen LogP) is 13.0. The molecule has 0 saturated heterocycles. The largest absolute Gasteiger partial charge is 0.306 e. The third-order valence-corrected chi connectivity index (χ3v) is 15.3. The van der Waals surface area contributed by atoms with Crippen molar-refractivity contribution < 1.29 is 9.59 Å². The highest BCUT2D eigenvalue weighted by Gasteiger charge is 2.50. The summed E-state index contributed by atoms with van der Waals surface area (Å²) in [5.41, 5.74) is 2.81. The molecular formula is C38H42Br2N2O2S4. The lowest BCUT2D eigenvalue weighted by atomic mass is 9.98. The van der Waals surface area contributed by atoms with Crippen LogP contribution in [0.15, 0.2) is 67.2 Å². The van der Waals surface area contributed by atoms with Gasteiger partial charge in [0, 0.05) is 32.6 Å². The average Bonchev–Trinajstić information content (AvgIpc) is 3.93. The molecule has 4 nitrogen and oxygen atoms in total. The zero-order chi connectivity index (χ0) is 33.9. The highest BCUT2D eigenvalue weighted by molar-refractivity contribution is 9.11. The first-order valence-electron chi connectivity index (χ1n) is 17.1. The number of thiophene rings is 4. The van der Waals surface area contributed by atoms with Crippen LogP contribution in [0.5, 0.6) is 0 Å². The summed E-state index contributed by atoms with van der Waals surface area (Å²) in [6.45, 7) is 10.1. The summed E-state index contributed by atoms with van der Waals surface area (Å²) < 4.78 is 2.17. The first-order valence-corrected chi connectivity index (χ1v) is 22.0.